The van der Waals surface area contributed by atoms with Crippen LogP contribution in [0.1, 0.15) is 105 Å². The molecule has 4 fully saturated rings. The van der Waals surface area contributed by atoms with Gasteiger partial charge in [-0.3, -0.25) is 0 Å². The van der Waals surface area contributed by atoms with Crippen LogP contribution in [-0.4, -0.2) is 21.9 Å². The summed E-state index contributed by atoms with van der Waals surface area (Å²) >= 11 is 0. The Bertz CT molecular complexity index is 569. The molecule has 0 unspecified atom stereocenters. The van der Waals surface area contributed by atoms with Crippen molar-refractivity contribution in [2.75, 3.05) is 0 Å². The molecule has 168 valence electrons. The Labute approximate surface area is 180 Å². The van der Waals surface area contributed by atoms with Gasteiger partial charge in [-0.15, -0.1) is 0 Å². The molecule has 4 aliphatic carbocycles. The van der Waals surface area contributed by atoms with E-state index >= 15 is 0 Å². The molecule has 0 aliphatic heterocycles. The maximum Gasteiger partial charge on any atom is 0.0622 e. The van der Waals surface area contributed by atoms with Crippen LogP contribution in [-0.2, 0) is 0 Å². The molecule has 10 atom stereocenters. The van der Waals surface area contributed by atoms with Crippen molar-refractivity contribution in [2.45, 2.75) is 117 Å². The number of hydrogen-bond donors (Lipinski definition) is 2. The molecule has 0 aromatic rings. The largest absolute Gasteiger partial charge is 0.393 e. The van der Waals surface area contributed by atoms with Crippen molar-refractivity contribution < 1.29 is 10.2 Å². The molecule has 0 aromatic heterocycles. The lowest BCUT2D eigenvalue weighted by Crippen LogP contribution is -2.51. The first kappa shape index (κ1) is 22.1. The third-order valence-corrected chi connectivity index (χ3v) is 10.6. The van der Waals surface area contributed by atoms with Gasteiger partial charge >= 0.3 is 0 Å². The molecule has 29 heavy (non-hydrogen) atoms. The van der Waals surface area contributed by atoms with E-state index in [2.05, 4.69) is 34.6 Å². The van der Waals surface area contributed by atoms with Gasteiger partial charge in [-0.1, -0.05) is 27.7 Å². The van der Waals surface area contributed by atoms with Crippen molar-refractivity contribution in [3.8, 4) is 0 Å². The lowest BCUT2D eigenvalue weighted by molar-refractivity contribution is -0.106. The molecule has 2 nitrogen and oxygen atoms in total. The average Bonchev–Trinajstić information content (AvgIpc) is 3.01. The molecule has 0 spiro atoms. The molecule has 4 aliphatic rings. The number of aliphatic hydroxyl groups excluding tert-OH is 1. The van der Waals surface area contributed by atoms with Gasteiger partial charge in [0.1, 0.15) is 0 Å². The van der Waals surface area contributed by atoms with E-state index in [4.69, 9.17) is 0 Å². The Hall–Kier alpha value is -0.0800. The Morgan fingerprint density at radius 3 is 2.28 bits per heavy atom. The average molecular weight is 405 g/mol. The molecule has 0 bridgehead atoms. The summed E-state index contributed by atoms with van der Waals surface area (Å²) in [6, 6.07) is 0. The molecule has 0 saturated heterocycles. The summed E-state index contributed by atoms with van der Waals surface area (Å²) in [5.74, 6) is 6.22. The molecule has 0 heterocycles. The summed E-state index contributed by atoms with van der Waals surface area (Å²) in [5, 5.41) is 21.5. The van der Waals surface area contributed by atoms with Crippen molar-refractivity contribution in [3.63, 3.8) is 0 Å². The van der Waals surface area contributed by atoms with Crippen molar-refractivity contribution in [3.05, 3.63) is 0 Å². The van der Waals surface area contributed by atoms with E-state index < -0.39 is 5.60 Å². The third kappa shape index (κ3) is 4.07. The van der Waals surface area contributed by atoms with Gasteiger partial charge < -0.3 is 10.2 Å². The van der Waals surface area contributed by atoms with Crippen molar-refractivity contribution in [1.29, 1.82) is 0 Å². The zero-order valence-corrected chi connectivity index (χ0v) is 19.9. The summed E-state index contributed by atoms with van der Waals surface area (Å²) in [5.41, 5.74) is 0.0452. The predicted octanol–water partition coefficient (Wildman–Crippen LogP) is 6.44. The highest BCUT2D eigenvalue weighted by Gasteiger charge is 2.58. The summed E-state index contributed by atoms with van der Waals surface area (Å²) in [6.45, 7) is 11.6. The fourth-order valence-electron chi connectivity index (χ4n) is 9.02. The fraction of sp³-hybridized carbons (Fsp3) is 1.00. The van der Waals surface area contributed by atoms with E-state index in [0.29, 0.717) is 23.2 Å². The lowest BCUT2D eigenvalue weighted by atomic mass is 9.48. The number of fused-ring (bicyclic) bond motifs is 5. The topological polar surface area (TPSA) is 40.5 Å². The second-order valence-electron chi connectivity index (χ2n) is 12.8. The van der Waals surface area contributed by atoms with Gasteiger partial charge in [-0.2, -0.15) is 0 Å². The number of hydrogen-bond acceptors (Lipinski definition) is 2. The highest BCUT2D eigenvalue weighted by Crippen LogP contribution is 2.65. The molecule has 2 N–H and O–H groups in total. The standard InChI is InChI=1S/C27H48O2/c1-17(2)6-11-25(28)18(3)23-9-10-24-22-8-7-19-16-26(4,29)14-12-20(19)21(22)13-15-27(23,24)5/h17-25,28-29H,6-16H2,1-5H3/t18-,19-,20-,21+,22+,23+,24-,25-,26-,27+/m0/s1. The van der Waals surface area contributed by atoms with Gasteiger partial charge in [0, 0.05) is 0 Å². The Morgan fingerprint density at radius 1 is 0.828 bits per heavy atom. The van der Waals surface area contributed by atoms with Gasteiger partial charge in [0.05, 0.1) is 11.7 Å². The zero-order chi connectivity index (χ0) is 21.0. The van der Waals surface area contributed by atoms with Gasteiger partial charge in [0.25, 0.3) is 0 Å². The van der Waals surface area contributed by atoms with E-state index in [-0.39, 0.29) is 6.10 Å². The quantitative estimate of drug-likeness (QED) is 0.553. The monoisotopic (exact) mass is 404 g/mol. The van der Waals surface area contributed by atoms with Crippen LogP contribution < -0.4 is 0 Å². The maximum absolute atomic E-state index is 10.9. The number of aliphatic hydroxyl groups is 2. The van der Waals surface area contributed by atoms with Crippen molar-refractivity contribution in [2.24, 2.45) is 52.8 Å². The second kappa shape index (κ2) is 8.12. The molecule has 2 heteroatoms. The Kier molecular flexibility index (Phi) is 6.19. The number of rotatable bonds is 5. The van der Waals surface area contributed by atoms with E-state index in [1.54, 1.807) is 0 Å². The van der Waals surface area contributed by atoms with Gasteiger partial charge in [0.15, 0.2) is 0 Å². The first-order chi connectivity index (χ1) is 13.6. The van der Waals surface area contributed by atoms with Crippen LogP contribution in [0, 0.1) is 52.8 Å². The fourth-order valence-corrected chi connectivity index (χ4v) is 9.02. The zero-order valence-electron chi connectivity index (χ0n) is 19.9. The van der Waals surface area contributed by atoms with E-state index in [0.717, 1.165) is 55.3 Å². The highest BCUT2D eigenvalue weighted by atomic mass is 16.3. The molecular weight excluding hydrogens is 356 g/mol. The summed E-state index contributed by atoms with van der Waals surface area (Å²) in [7, 11) is 0. The molecule has 4 saturated carbocycles. The van der Waals surface area contributed by atoms with Crippen molar-refractivity contribution >= 4 is 0 Å². The Balaban J connectivity index is 1.45. The SMILES string of the molecule is CC(C)CC[C@H](O)[C@@H](C)[C@H]1CC[C@H]2[C@@H]3CC[C@H]4C[C@@](C)(O)CC[C@@H]4[C@H]3CC[C@]12C. The molecule has 0 aromatic carbocycles. The van der Waals surface area contributed by atoms with Crippen LogP contribution in [0.5, 0.6) is 0 Å². The van der Waals surface area contributed by atoms with Gasteiger partial charge in [0.2, 0.25) is 0 Å². The normalized spacial score (nSPS) is 49.2. The first-order valence-corrected chi connectivity index (χ1v) is 13.0. The summed E-state index contributed by atoms with van der Waals surface area (Å²) in [4.78, 5) is 0. The van der Waals surface area contributed by atoms with Crippen LogP contribution in [0.2, 0.25) is 0 Å². The summed E-state index contributed by atoms with van der Waals surface area (Å²) in [6.07, 6.45) is 13.6. The van der Waals surface area contributed by atoms with E-state index in [1.165, 1.54) is 44.9 Å². The van der Waals surface area contributed by atoms with Gasteiger partial charge in [-0.25, -0.2) is 0 Å². The predicted molar refractivity (Wildman–Crippen MR) is 120 cm³/mol. The molecular formula is C27H48O2. The van der Waals surface area contributed by atoms with E-state index in [1.807, 2.05) is 0 Å². The minimum absolute atomic E-state index is 0.119. The molecule has 0 radical (unpaired) electrons. The lowest BCUT2D eigenvalue weighted by Gasteiger charge is -2.57. The van der Waals surface area contributed by atoms with Crippen LogP contribution >= 0.6 is 0 Å². The van der Waals surface area contributed by atoms with Gasteiger partial charge in [-0.05, 0) is 130 Å². The summed E-state index contributed by atoms with van der Waals surface area (Å²) < 4.78 is 0. The van der Waals surface area contributed by atoms with Crippen molar-refractivity contribution in [1.82, 2.24) is 0 Å². The first-order valence-electron chi connectivity index (χ1n) is 13.0. The highest BCUT2D eigenvalue weighted by molar-refractivity contribution is 5.07. The maximum atomic E-state index is 10.9. The third-order valence-electron chi connectivity index (χ3n) is 10.6. The minimum Gasteiger partial charge on any atom is -0.393 e. The smallest absolute Gasteiger partial charge is 0.0622 e. The van der Waals surface area contributed by atoms with Crippen LogP contribution in [0.4, 0.5) is 0 Å². The van der Waals surface area contributed by atoms with E-state index in [9.17, 15) is 10.2 Å². The minimum atomic E-state index is -0.406. The molecule has 0 amide bonds. The van der Waals surface area contributed by atoms with Crippen LogP contribution in [0.15, 0.2) is 0 Å². The molecule has 4 rings (SSSR count). The van der Waals surface area contributed by atoms with Crippen LogP contribution in [0.3, 0.4) is 0 Å². The van der Waals surface area contributed by atoms with Crippen LogP contribution in [0.25, 0.3) is 0 Å². The second-order valence-corrected chi connectivity index (χ2v) is 12.8. The Morgan fingerprint density at radius 2 is 1.55 bits per heavy atom.